The minimum atomic E-state index is -0.508. The van der Waals surface area contributed by atoms with Gasteiger partial charge in [0.1, 0.15) is 0 Å². The van der Waals surface area contributed by atoms with Gasteiger partial charge in [0.2, 0.25) is 0 Å². The summed E-state index contributed by atoms with van der Waals surface area (Å²) < 4.78 is 0. The van der Waals surface area contributed by atoms with E-state index in [2.05, 4.69) is 13.8 Å². The number of hydrogen-bond donors (Lipinski definition) is 2. The Labute approximate surface area is 75.6 Å². The van der Waals surface area contributed by atoms with Gasteiger partial charge < -0.3 is 10.2 Å². The Morgan fingerprint density at radius 1 is 1.17 bits per heavy atom. The van der Waals surface area contributed by atoms with E-state index in [0.717, 1.165) is 12.8 Å². The standard InChI is InChI=1S/C10H22O2/c1-3-5-6-7-9(4-2)10(12)8-11/h9-12H,3-8H2,1-2H3. The monoisotopic (exact) mass is 174 g/mol. The van der Waals surface area contributed by atoms with Gasteiger partial charge in [0.15, 0.2) is 0 Å². The molecule has 0 aromatic heterocycles. The Bertz CT molecular complexity index is 93.8. The molecule has 0 aromatic rings. The van der Waals surface area contributed by atoms with E-state index in [-0.39, 0.29) is 6.61 Å². The summed E-state index contributed by atoms with van der Waals surface area (Å²) >= 11 is 0. The molecular weight excluding hydrogens is 152 g/mol. The molecule has 2 unspecified atom stereocenters. The van der Waals surface area contributed by atoms with Gasteiger partial charge in [0.05, 0.1) is 12.7 Å². The average molecular weight is 174 g/mol. The number of aliphatic hydroxyl groups is 2. The van der Waals surface area contributed by atoms with E-state index in [1.165, 1.54) is 19.3 Å². The summed E-state index contributed by atoms with van der Waals surface area (Å²) in [6, 6.07) is 0. The van der Waals surface area contributed by atoms with Gasteiger partial charge in [-0.15, -0.1) is 0 Å². The van der Waals surface area contributed by atoms with Crippen LogP contribution in [0.1, 0.15) is 46.0 Å². The third kappa shape index (κ3) is 4.73. The van der Waals surface area contributed by atoms with Gasteiger partial charge >= 0.3 is 0 Å². The van der Waals surface area contributed by atoms with Gasteiger partial charge in [0.25, 0.3) is 0 Å². The summed E-state index contributed by atoms with van der Waals surface area (Å²) in [6.45, 7) is 4.14. The lowest BCUT2D eigenvalue weighted by Gasteiger charge is -2.19. The zero-order chi connectivity index (χ0) is 9.40. The van der Waals surface area contributed by atoms with E-state index >= 15 is 0 Å². The number of rotatable bonds is 7. The maximum absolute atomic E-state index is 9.37. The quantitative estimate of drug-likeness (QED) is 0.579. The molecule has 0 bridgehead atoms. The van der Waals surface area contributed by atoms with Crippen LogP contribution in [0.3, 0.4) is 0 Å². The van der Waals surface area contributed by atoms with Crippen molar-refractivity contribution < 1.29 is 10.2 Å². The summed E-state index contributed by atoms with van der Waals surface area (Å²) in [7, 11) is 0. The number of hydrogen-bond acceptors (Lipinski definition) is 2. The molecule has 0 aliphatic carbocycles. The van der Waals surface area contributed by atoms with Crippen molar-refractivity contribution in [3.8, 4) is 0 Å². The van der Waals surface area contributed by atoms with Crippen LogP contribution in [0.5, 0.6) is 0 Å². The molecule has 2 heteroatoms. The van der Waals surface area contributed by atoms with Crippen LogP contribution in [0.25, 0.3) is 0 Å². The Hall–Kier alpha value is -0.0800. The average Bonchev–Trinajstić information content (AvgIpc) is 2.11. The van der Waals surface area contributed by atoms with E-state index in [4.69, 9.17) is 5.11 Å². The highest BCUT2D eigenvalue weighted by molar-refractivity contribution is 4.66. The highest BCUT2D eigenvalue weighted by atomic mass is 16.3. The van der Waals surface area contributed by atoms with Gasteiger partial charge in [0, 0.05) is 0 Å². The molecule has 2 atom stereocenters. The van der Waals surface area contributed by atoms with Crippen LogP contribution in [0, 0.1) is 5.92 Å². The Morgan fingerprint density at radius 2 is 1.83 bits per heavy atom. The first-order valence-electron chi connectivity index (χ1n) is 5.05. The zero-order valence-electron chi connectivity index (χ0n) is 8.29. The summed E-state index contributed by atoms with van der Waals surface area (Å²) in [6.07, 6.45) is 5.12. The Morgan fingerprint density at radius 3 is 2.25 bits per heavy atom. The van der Waals surface area contributed by atoms with Crippen LogP contribution in [0.2, 0.25) is 0 Å². The van der Waals surface area contributed by atoms with Crippen molar-refractivity contribution >= 4 is 0 Å². The first-order valence-corrected chi connectivity index (χ1v) is 5.05. The van der Waals surface area contributed by atoms with Crippen LogP contribution < -0.4 is 0 Å². The van der Waals surface area contributed by atoms with Gasteiger partial charge in [-0.2, -0.15) is 0 Å². The summed E-state index contributed by atoms with van der Waals surface area (Å²) in [5.74, 6) is 0.293. The molecule has 0 aromatic carbocycles. The van der Waals surface area contributed by atoms with Gasteiger partial charge in [-0.05, 0) is 12.3 Å². The molecule has 74 valence electrons. The van der Waals surface area contributed by atoms with Crippen LogP contribution in [-0.4, -0.2) is 22.9 Å². The topological polar surface area (TPSA) is 40.5 Å². The molecule has 0 spiro atoms. The Balaban J connectivity index is 3.52. The zero-order valence-corrected chi connectivity index (χ0v) is 8.29. The van der Waals surface area contributed by atoms with E-state index in [1.807, 2.05) is 0 Å². The second kappa shape index (κ2) is 7.56. The molecule has 0 aliphatic rings. The second-order valence-corrected chi connectivity index (χ2v) is 3.41. The van der Waals surface area contributed by atoms with Crippen LogP contribution in [-0.2, 0) is 0 Å². The molecule has 0 heterocycles. The molecular formula is C10H22O2. The normalized spacial score (nSPS) is 16.0. The SMILES string of the molecule is CCCCCC(CC)C(O)CO. The molecule has 0 saturated carbocycles. The molecule has 0 fully saturated rings. The molecule has 0 radical (unpaired) electrons. The Kier molecular flexibility index (Phi) is 7.51. The van der Waals surface area contributed by atoms with Crippen LogP contribution in [0.4, 0.5) is 0 Å². The predicted octanol–water partition coefficient (Wildman–Crippen LogP) is 1.95. The molecule has 2 N–H and O–H groups in total. The fraction of sp³-hybridized carbons (Fsp3) is 1.00. The summed E-state index contributed by atoms with van der Waals surface area (Å²) in [5.41, 5.74) is 0. The second-order valence-electron chi connectivity index (χ2n) is 3.41. The van der Waals surface area contributed by atoms with Crippen LogP contribution in [0.15, 0.2) is 0 Å². The largest absolute Gasteiger partial charge is 0.394 e. The lowest BCUT2D eigenvalue weighted by Crippen LogP contribution is -2.23. The third-order valence-electron chi connectivity index (χ3n) is 2.43. The van der Waals surface area contributed by atoms with E-state index in [9.17, 15) is 5.11 Å². The number of unbranched alkanes of at least 4 members (excludes halogenated alkanes) is 2. The molecule has 0 amide bonds. The van der Waals surface area contributed by atoms with Crippen molar-refractivity contribution in [3.05, 3.63) is 0 Å². The van der Waals surface area contributed by atoms with Crippen molar-refractivity contribution in [2.24, 2.45) is 5.92 Å². The maximum atomic E-state index is 9.37. The minimum absolute atomic E-state index is 0.0926. The van der Waals surface area contributed by atoms with Crippen molar-refractivity contribution in [1.29, 1.82) is 0 Å². The fourth-order valence-electron chi connectivity index (χ4n) is 1.47. The van der Waals surface area contributed by atoms with Gasteiger partial charge in [-0.1, -0.05) is 39.5 Å². The predicted molar refractivity (Wildman–Crippen MR) is 51.0 cm³/mol. The highest BCUT2D eigenvalue weighted by Gasteiger charge is 2.15. The van der Waals surface area contributed by atoms with Crippen molar-refractivity contribution in [2.45, 2.75) is 52.1 Å². The van der Waals surface area contributed by atoms with Crippen molar-refractivity contribution in [2.75, 3.05) is 6.61 Å². The van der Waals surface area contributed by atoms with Gasteiger partial charge in [-0.3, -0.25) is 0 Å². The fourth-order valence-corrected chi connectivity index (χ4v) is 1.47. The smallest absolute Gasteiger partial charge is 0.0798 e. The van der Waals surface area contributed by atoms with E-state index in [1.54, 1.807) is 0 Å². The summed E-state index contributed by atoms with van der Waals surface area (Å²) in [4.78, 5) is 0. The first-order chi connectivity index (χ1) is 5.76. The van der Waals surface area contributed by atoms with E-state index < -0.39 is 6.10 Å². The summed E-state index contributed by atoms with van der Waals surface area (Å²) in [5, 5.41) is 18.1. The molecule has 0 saturated heterocycles. The van der Waals surface area contributed by atoms with Crippen molar-refractivity contribution in [1.82, 2.24) is 0 Å². The molecule has 0 rings (SSSR count). The molecule has 2 nitrogen and oxygen atoms in total. The lowest BCUT2D eigenvalue weighted by molar-refractivity contribution is 0.0412. The molecule has 0 aliphatic heterocycles. The minimum Gasteiger partial charge on any atom is -0.394 e. The maximum Gasteiger partial charge on any atom is 0.0798 e. The van der Waals surface area contributed by atoms with Crippen molar-refractivity contribution in [3.63, 3.8) is 0 Å². The number of aliphatic hydroxyl groups excluding tert-OH is 2. The third-order valence-corrected chi connectivity index (χ3v) is 2.43. The first kappa shape index (κ1) is 11.9. The van der Waals surface area contributed by atoms with Crippen LogP contribution >= 0.6 is 0 Å². The lowest BCUT2D eigenvalue weighted by atomic mass is 9.93. The van der Waals surface area contributed by atoms with Gasteiger partial charge in [-0.25, -0.2) is 0 Å². The van der Waals surface area contributed by atoms with E-state index in [0.29, 0.717) is 5.92 Å². The highest BCUT2D eigenvalue weighted by Crippen LogP contribution is 2.17. The molecule has 12 heavy (non-hydrogen) atoms.